The maximum absolute atomic E-state index is 14.0. The van der Waals surface area contributed by atoms with Gasteiger partial charge < -0.3 is 15.4 Å². The Balaban J connectivity index is 1.30. The predicted octanol–water partition coefficient (Wildman–Crippen LogP) is 5.03. The fraction of sp³-hybridized carbons (Fsp3) is 0.276. The van der Waals surface area contributed by atoms with Gasteiger partial charge in [-0.2, -0.15) is 10.4 Å². The molecule has 3 heterocycles. The highest BCUT2D eigenvalue weighted by atomic mass is 19.1. The van der Waals surface area contributed by atoms with E-state index in [4.69, 9.17) is 15.6 Å². The van der Waals surface area contributed by atoms with Gasteiger partial charge in [-0.1, -0.05) is 18.2 Å². The highest BCUT2D eigenvalue weighted by molar-refractivity contribution is 5.99. The molecule has 0 bridgehead atoms. The quantitative estimate of drug-likeness (QED) is 0.278. The van der Waals surface area contributed by atoms with Crippen LogP contribution in [0.15, 0.2) is 66.5 Å². The average molecular weight is 524 g/mol. The lowest BCUT2D eigenvalue weighted by atomic mass is 10.0. The number of nitrogen functional groups attached to an aromatic ring is 1. The molecule has 1 aliphatic heterocycles. The highest BCUT2D eigenvalue weighted by Crippen LogP contribution is 2.36. The molecule has 9 nitrogen and oxygen atoms in total. The first-order chi connectivity index (χ1) is 19.0. The number of aromatic nitrogens is 4. The van der Waals surface area contributed by atoms with Gasteiger partial charge in [0.2, 0.25) is 0 Å². The third-order valence-electron chi connectivity index (χ3n) is 7.12. The number of piperidine rings is 1. The first kappa shape index (κ1) is 24.6. The zero-order valence-corrected chi connectivity index (χ0v) is 21.1. The van der Waals surface area contributed by atoms with Crippen LogP contribution < -0.4 is 10.5 Å². The van der Waals surface area contributed by atoms with Crippen LogP contribution in [0.25, 0.3) is 22.3 Å². The summed E-state index contributed by atoms with van der Waals surface area (Å²) in [5, 5.41) is 15.1. The molecule has 2 aliphatic rings. The number of allylic oxidation sites excluding steroid dienone is 1. The number of benzene rings is 2. The number of hydrogen-bond donors (Lipinski definition) is 1. The Bertz CT molecular complexity index is 1620. The normalized spacial score (nSPS) is 17.7. The van der Waals surface area contributed by atoms with Crippen molar-refractivity contribution in [3.05, 3.63) is 72.3 Å². The molecule has 2 N–H and O–H groups in total. The second kappa shape index (κ2) is 10.2. The van der Waals surface area contributed by atoms with Crippen molar-refractivity contribution in [2.75, 3.05) is 18.8 Å². The largest absolute Gasteiger partial charge is 0.454 e. The molecular formula is C29H26FN7O2. The molecule has 4 aromatic rings. The Kier molecular flexibility index (Phi) is 6.40. The number of ether oxygens (including phenoxy) is 1. The van der Waals surface area contributed by atoms with Crippen LogP contribution >= 0.6 is 0 Å². The topological polar surface area (TPSA) is 123 Å². The summed E-state index contributed by atoms with van der Waals surface area (Å²) in [7, 11) is 0. The number of likely N-dealkylation sites (tertiary alicyclic amines) is 1. The Morgan fingerprint density at radius 1 is 1.13 bits per heavy atom. The van der Waals surface area contributed by atoms with Crippen LogP contribution in [0.5, 0.6) is 11.5 Å². The van der Waals surface area contributed by atoms with Gasteiger partial charge in [-0.3, -0.25) is 4.79 Å². The number of nitrogens with zero attached hydrogens (tertiary/aromatic N) is 6. The van der Waals surface area contributed by atoms with E-state index >= 15 is 0 Å². The number of para-hydroxylation sites is 1. The average Bonchev–Trinajstić information content (AvgIpc) is 3.70. The van der Waals surface area contributed by atoms with Crippen LogP contribution in [0.4, 0.5) is 10.2 Å². The van der Waals surface area contributed by atoms with Gasteiger partial charge >= 0.3 is 0 Å². The van der Waals surface area contributed by atoms with Crippen LogP contribution in [0.1, 0.15) is 31.7 Å². The molecule has 1 saturated carbocycles. The summed E-state index contributed by atoms with van der Waals surface area (Å²) in [5.74, 6) is 0.582. The Labute approximate surface area is 224 Å². The number of hydrogen-bond acceptors (Lipinski definition) is 7. The van der Waals surface area contributed by atoms with E-state index < -0.39 is 5.82 Å². The molecule has 39 heavy (non-hydrogen) atoms. The molecule has 1 saturated heterocycles. The van der Waals surface area contributed by atoms with Gasteiger partial charge in [0, 0.05) is 18.7 Å². The molecule has 1 atom stereocenters. The summed E-state index contributed by atoms with van der Waals surface area (Å²) in [6, 6.07) is 15.3. The Morgan fingerprint density at radius 3 is 2.67 bits per heavy atom. The van der Waals surface area contributed by atoms with E-state index in [0.717, 1.165) is 31.2 Å². The van der Waals surface area contributed by atoms with Gasteiger partial charge in [0.25, 0.3) is 5.91 Å². The fourth-order valence-corrected chi connectivity index (χ4v) is 4.95. The van der Waals surface area contributed by atoms with E-state index in [1.54, 1.807) is 41.3 Å². The lowest BCUT2D eigenvalue weighted by Crippen LogP contribution is -2.41. The molecule has 6 rings (SSSR count). The standard InChI is InChI=1S/C29H26FN7O2/c30-23-5-1-2-6-24(23)39-22-11-9-19(10-12-22)26-25-27(32)33-17-34-28(25)37(35-26)21-4-3-13-36(16-21)29(38)20(15-31)14-18-7-8-18/h1-2,5-6,9-12,14,17-18,21H,3-4,7-8,13,16H2,(H2,32,33,34)/b20-14+/t21-/m1/s1. The molecule has 1 amide bonds. The SMILES string of the molecule is N#C/C(=C\C1CC1)C(=O)N1CCC[C@@H](n2nc(-c3ccc(Oc4ccccc4F)cc3)c3c(N)ncnc32)C1. The summed E-state index contributed by atoms with van der Waals surface area (Å²) < 4.78 is 21.5. The van der Waals surface area contributed by atoms with E-state index in [-0.39, 0.29) is 23.3 Å². The number of nitriles is 1. The second-order valence-corrected chi connectivity index (χ2v) is 9.88. The number of fused-ring (bicyclic) bond motifs is 1. The van der Waals surface area contributed by atoms with Crippen LogP contribution in [0.2, 0.25) is 0 Å². The first-order valence-corrected chi connectivity index (χ1v) is 12.9. The lowest BCUT2D eigenvalue weighted by Gasteiger charge is -2.32. The fourth-order valence-electron chi connectivity index (χ4n) is 4.95. The van der Waals surface area contributed by atoms with Gasteiger partial charge in [0.1, 0.15) is 35.2 Å². The minimum absolute atomic E-state index is 0.139. The summed E-state index contributed by atoms with van der Waals surface area (Å²) in [6.07, 6.45) is 6.84. The maximum Gasteiger partial charge on any atom is 0.264 e. The highest BCUT2D eigenvalue weighted by Gasteiger charge is 2.31. The van der Waals surface area contributed by atoms with Gasteiger partial charge in [0.15, 0.2) is 17.2 Å². The van der Waals surface area contributed by atoms with Gasteiger partial charge in [-0.15, -0.1) is 0 Å². The smallest absolute Gasteiger partial charge is 0.264 e. The summed E-state index contributed by atoms with van der Waals surface area (Å²) >= 11 is 0. The van der Waals surface area contributed by atoms with Gasteiger partial charge in [0.05, 0.1) is 11.4 Å². The Morgan fingerprint density at radius 2 is 1.92 bits per heavy atom. The van der Waals surface area contributed by atoms with Crippen LogP contribution in [-0.4, -0.2) is 43.6 Å². The van der Waals surface area contributed by atoms with Crippen molar-refractivity contribution < 1.29 is 13.9 Å². The van der Waals surface area contributed by atoms with Crippen LogP contribution in [-0.2, 0) is 4.79 Å². The van der Waals surface area contributed by atoms with Crippen molar-refractivity contribution >= 4 is 22.8 Å². The van der Waals surface area contributed by atoms with E-state index in [1.807, 2.05) is 16.8 Å². The molecule has 2 aromatic heterocycles. The molecule has 2 fully saturated rings. The summed E-state index contributed by atoms with van der Waals surface area (Å²) in [6.45, 7) is 1.00. The molecule has 0 spiro atoms. The third-order valence-corrected chi connectivity index (χ3v) is 7.12. The molecule has 10 heteroatoms. The number of anilines is 1. The maximum atomic E-state index is 14.0. The van der Waals surface area contributed by atoms with Crippen molar-refractivity contribution in [2.45, 2.75) is 31.7 Å². The van der Waals surface area contributed by atoms with Crippen molar-refractivity contribution in [2.24, 2.45) is 5.92 Å². The minimum Gasteiger partial charge on any atom is -0.454 e. The summed E-state index contributed by atoms with van der Waals surface area (Å²) in [4.78, 5) is 23.5. The second-order valence-electron chi connectivity index (χ2n) is 9.88. The molecule has 0 radical (unpaired) electrons. The monoisotopic (exact) mass is 523 g/mol. The molecule has 196 valence electrons. The number of nitrogens with two attached hydrogens (primary N) is 1. The van der Waals surface area contributed by atoms with Crippen LogP contribution in [0, 0.1) is 23.1 Å². The summed E-state index contributed by atoms with van der Waals surface area (Å²) in [5.41, 5.74) is 8.46. The molecular weight excluding hydrogens is 497 g/mol. The van der Waals surface area contributed by atoms with E-state index in [2.05, 4.69) is 16.0 Å². The number of carbonyl (C=O) groups excluding carboxylic acids is 1. The zero-order chi connectivity index (χ0) is 26.9. The van der Waals surface area contributed by atoms with Crippen molar-refractivity contribution in [1.82, 2.24) is 24.6 Å². The van der Waals surface area contributed by atoms with Crippen molar-refractivity contribution in [3.8, 4) is 28.8 Å². The lowest BCUT2D eigenvalue weighted by molar-refractivity contribution is -0.128. The van der Waals surface area contributed by atoms with Crippen molar-refractivity contribution in [3.63, 3.8) is 0 Å². The van der Waals surface area contributed by atoms with Crippen LogP contribution in [0.3, 0.4) is 0 Å². The number of halogens is 1. The van der Waals surface area contributed by atoms with Gasteiger partial charge in [-0.05, 0) is 68.0 Å². The zero-order valence-electron chi connectivity index (χ0n) is 21.1. The van der Waals surface area contributed by atoms with Crippen molar-refractivity contribution in [1.29, 1.82) is 5.26 Å². The minimum atomic E-state index is -0.443. The van der Waals surface area contributed by atoms with Gasteiger partial charge in [-0.25, -0.2) is 19.0 Å². The molecule has 1 aliphatic carbocycles. The van der Waals surface area contributed by atoms with E-state index in [0.29, 0.717) is 47.3 Å². The number of rotatable bonds is 6. The van der Waals surface area contributed by atoms with E-state index in [1.165, 1.54) is 12.4 Å². The molecule has 0 unspecified atom stereocenters. The number of carbonyl (C=O) groups is 1. The Hall–Kier alpha value is -4.78. The molecule has 2 aromatic carbocycles. The number of amides is 1. The third kappa shape index (κ3) is 4.91. The van der Waals surface area contributed by atoms with E-state index in [9.17, 15) is 14.4 Å². The first-order valence-electron chi connectivity index (χ1n) is 12.9. The predicted molar refractivity (Wildman–Crippen MR) is 143 cm³/mol.